The van der Waals surface area contributed by atoms with Gasteiger partial charge < -0.3 is 9.64 Å². The Bertz CT molecular complexity index is 1160. The van der Waals surface area contributed by atoms with Crippen molar-refractivity contribution in [3.8, 4) is 5.75 Å². The van der Waals surface area contributed by atoms with Gasteiger partial charge in [0.25, 0.3) is 5.91 Å². The summed E-state index contributed by atoms with van der Waals surface area (Å²) in [5, 5.41) is 10.0. The van der Waals surface area contributed by atoms with Gasteiger partial charge in [0.15, 0.2) is 0 Å². The standard InChI is InChI=1S/C21H19N5O2/c1-24-13-15-7-8-17(12-19(15)23-24)25-9-10-26-20(21(25)27)11-16(22-26)14-28-18-5-3-2-4-6-18/h2-8,11-13H,9-10,14H2,1H3. The highest BCUT2D eigenvalue weighted by atomic mass is 16.5. The molecule has 5 rings (SSSR count). The summed E-state index contributed by atoms with van der Waals surface area (Å²) in [5.74, 6) is 0.727. The molecule has 0 saturated heterocycles. The van der Waals surface area contributed by atoms with Gasteiger partial charge in [0.2, 0.25) is 0 Å². The third-order valence-electron chi connectivity index (χ3n) is 4.88. The molecular weight excluding hydrogens is 354 g/mol. The van der Waals surface area contributed by atoms with Crippen LogP contribution in [0.4, 0.5) is 5.69 Å². The maximum atomic E-state index is 13.0. The Morgan fingerprint density at radius 3 is 2.75 bits per heavy atom. The predicted molar refractivity (Wildman–Crippen MR) is 105 cm³/mol. The van der Waals surface area contributed by atoms with Crippen LogP contribution in [0.15, 0.2) is 60.8 Å². The molecule has 0 spiro atoms. The lowest BCUT2D eigenvalue weighted by atomic mass is 10.2. The van der Waals surface area contributed by atoms with Gasteiger partial charge in [-0.05, 0) is 36.4 Å². The summed E-state index contributed by atoms with van der Waals surface area (Å²) < 4.78 is 9.30. The Morgan fingerprint density at radius 1 is 1.04 bits per heavy atom. The van der Waals surface area contributed by atoms with Crippen molar-refractivity contribution in [3.05, 3.63) is 72.2 Å². The van der Waals surface area contributed by atoms with Gasteiger partial charge in [-0.15, -0.1) is 0 Å². The number of hydrogen-bond acceptors (Lipinski definition) is 4. The Balaban J connectivity index is 1.38. The Kier molecular flexibility index (Phi) is 3.86. The minimum atomic E-state index is -0.0556. The molecule has 2 aromatic carbocycles. The first-order valence-electron chi connectivity index (χ1n) is 9.17. The lowest BCUT2D eigenvalue weighted by Gasteiger charge is -2.27. The van der Waals surface area contributed by atoms with Gasteiger partial charge in [-0.1, -0.05) is 18.2 Å². The Labute approximate surface area is 161 Å². The molecule has 0 bridgehead atoms. The summed E-state index contributed by atoms with van der Waals surface area (Å²) in [6, 6.07) is 17.3. The molecule has 0 N–H and O–H groups in total. The van der Waals surface area contributed by atoms with Crippen LogP contribution in [-0.4, -0.2) is 32.0 Å². The number of carbonyl (C=O) groups is 1. The van der Waals surface area contributed by atoms with E-state index in [0.29, 0.717) is 25.4 Å². The third kappa shape index (κ3) is 2.90. The van der Waals surface area contributed by atoms with Crippen LogP contribution in [0.25, 0.3) is 10.9 Å². The van der Waals surface area contributed by atoms with Crippen LogP contribution in [0.3, 0.4) is 0 Å². The maximum Gasteiger partial charge on any atom is 0.276 e. The highest BCUT2D eigenvalue weighted by Gasteiger charge is 2.27. The Morgan fingerprint density at radius 2 is 1.89 bits per heavy atom. The van der Waals surface area contributed by atoms with Gasteiger partial charge in [0.05, 0.1) is 12.1 Å². The molecule has 7 nitrogen and oxygen atoms in total. The normalized spacial score (nSPS) is 13.8. The number of rotatable bonds is 4. The fourth-order valence-electron chi connectivity index (χ4n) is 3.53. The van der Waals surface area contributed by atoms with E-state index in [2.05, 4.69) is 10.2 Å². The molecule has 4 aromatic rings. The first-order valence-corrected chi connectivity index (χ1v) is 9.17. The van der Waals surface area contributed by atoms with Crippen molar-refractivity contribution in [3.63, 3.8) is 0 Å². The molecule has 140 valence electrons. The molecule has 0 saturated carbocycles. The molecule has 1 aliphatic heterocycles. The maximum absolute atomic E-state index is 13.0. The molecule has 2 aromatic heterocycles. The molecule has 0 atom stereocenters. The van der Waals surface area contributed by atoms with E-state index in [1.165, 1.54) is 0 Å². The molecule has 0 aliphatic carbocycles. The van der Waals surface area contributed by atoms with Crippen molar-refractivity contribution in [2.75, 3.05) is 11.4 Å². The monoisotopic (exact) mass is 373 g/mol. The Hall–Kier alpha value is -3.61. The van der Waals surface area contributed by atoms with Crippen LogP contribution in [0, 0.1) is 0 Å². The molecule has 0 unspecified atom stereocenters. The van der Waals surface area contributed by atoms with Crippen molar-refractivity contribution in [1.29, 1.82) is 0 Å². The number of fused-ring (bicyclic) bond motifs is 2. The third-order valence-corrected chi connectivity index (χ3v) is 4.88. The van der Waals surface area contributed by atoms with Crippen molar-refractivity contribution < 1.29 is 9.53 Å². The van der Waals surface area contributed by atoms with E-state index >= 15 is 0 Å². The largest absolute Gasteiger partial charge is 0.487 e. The van der Waals surface area contributed by atoms with Crippen LogP contribution < -0.4 is 9.64 Å². The second-order valence-electron chi connectivity index (χ2n) is 6.85. The number of ether oxygens (including phenoxy) is 1. The van der Waals surface area contributed by atoms with E-state index < -0.39 is 0 Å². The number of nitrogens with zero attached hydrogens (tertiary/aromatic N) is 5. The average Bonchev–Trinajstić information content (AvgIpc) is 3.29. The number of aromatic nitrogens is 4. The summed E-state index contributed by atoms with van der Waals surface area (Å²) in [6.07, 6.45) is 1.96. The second-order valence-corrected chi connectivity index (χ2v) is 6.85. The lowest BCUT2D eigenvalue weighted by molar-refractivity contribution is 0.0962. The number of carbonyl (C=O) groups excluding carboxylic acids is 1. The first kappa shape index (κ1) is 16.6. The van der Waals surface area contributed by atoms with Gasteiger partial charge in [-0.2, -0.15) is 10.2 Å². The number of hydrogen-bond donors (Lipinski definition) is 0. The molecule has 3 heterocycles. The minimum absolute atomic E-state index is 0.0556. The van der Waals surface area contributed by atoms with Gasteiger partial charge >= 0.3 is 0 Å². The number of anilines is 1. The van der Waals surface area contributed by atoms with Crippen molar-refractivity contribution >= 4 is 22.5 Å². The smallest absolute Gasteiger partial charge is 0.276 e. The minimum Gasteiger partial charge on any atom is -0.487 e. The highest BCUT2D eigenvalue weighted by Crippen LogP contribution is 2.25. The van der Waals surface area contributed by atoms with Gasteiger partial charge in [-0.25, -0.2) is 0 Å². The molecule has 1 aliphatic rings. The summed E-state index contributed by atoms with van der Waals surface area (Å²) >= 11 is 0. The average molecular weight is 373 g/mol. The predicted octanol–water partition coefficient (Wildman–Crippen LogP) is 3.01. The van der Waals surface area contributed by atoms with Crippen molar-refractivity contribution in [2.24, 2.45) is 7.05 Å². The van der Waals surface area contributed by atoms with Crippen LogP contribution in [0.2, 0.25) is 0 Å². The van der Waals surface area contributed by atoms with E-state index in [1.807, 2.05) is 67.8 Å². The lowest BCUT2D eigenvalue weighted by Crippen LogP contribution is -2.40. The SMILES string of the molecule is Cn1cc2ccc(N3CCn4nc(COc5ccccc5)cc4C3=O)cc2n1. The van der Waals surface area contributed by atoms with Crippen molar-refractivity contribution in [2.45, 2.75) is 13.2 Å². The van der Waals surface area contributed by atoms with Gasteiger partial charge in [0, 0.05) is 30.9 Å². The summed E-state index contributed by atoms with van der Waals surface area (Å²) in [4.78, 5) is 14.8. The quantitative estimate of drug-likeness (QED) is 0.552. The van der Waals surface area contributed by atoms with Crippen LogP contribution in [0.1, 0.15) is 16.2 Å². The second kappa shape index (κ2) is 6.53. The number of para-hydroxylation sites is 1. The molecule has 7 heteroatoms. The molecule has 0 radical (unpaired) electrons. The van der Waals surface area contributed by atoms with Crippen LogP contribution in [0.5, 0.6) is 5.75 Å². The summed E-state index contributed by atoms with van der Waals surface area (Å²) in [7, 11) is 1.89. The summed E-state index contributed by atoms with van der Waals surface area (Å²) in [6.45, 7) is 1.55. The fourth-order valence-corrected chi connectivity index (χ4v) is 3.53. The first-order chi connectivity index (χ1) is 13.7. The zero-order valence-corrected chi connectivity index (χ0v) is 15.4. The van der Waals surface area contributed by atoms with E-state index in [1.54, 1.807) is 14.3 Å². The van der Waals surface area contributed by atoms with Crippen LogP contribution in [-0.2, 0) is 20.2 Å². The number of amides is 1. The molecule has 28 heavy (non-hydrogen) atoms. The van der Waals surface area contributed by atoms with E-state index in [0.717, 1.165) is 28.0 Å². The number of benzene rings is 2. The van der Waals surface area contributed by atoms with E-state index in [4.69, 9.17) is 4.74 Å². The number of aryl methyl sites for hydroxylation is 1. The fraction of sp³-hybridized carbons (Fsp3) is 0.190. The van der Waals surface area contributed by atoms with Gasteiger partial charge in [-0.3, -0.25) is 14.2 Å². The highest BCUT2D eigenvalue weighted by molar-refractivity contribution is 6.06. The van der Waals surface area contributed by atoms with Gasteiger partial charge in [0.1, 0.15) is 23.7 Å². The van der Waals surface area contributed by atoms with Crippen molar-refractivity contribution in [1.82, 2.24) is 19.6 Å². The molecular formula is C21H19N5O2. The topological polar surface area (TPSA) is 65.2 Å². The zero-order valence-electron chi connectivity index (χ0n) is 15.4. The van der Waals surface area contributed by atoms with E-state index in [9.17, 15) is 4.79 Å². The molecule has 1 amide bonds. The zero-order chi connectivity index (χ0) is 19.1. The van der Waals surface area contributed by atoms with Crippen LogP contribution >= 0.6 is 0 Å². The van der Waals surface area contributed by atoms with E-state index in [-0.39, 0.29) is 5.91 Å². The summed E-state index contributed by atoms with van der Waals surface area (Å²) in [5.41, 5.74) is 3.06. The molecule has 0 fully saturated rings.